The summed E-state index contributed by atoms with van der Waals surface area (Å²) in [5.74, 6) is -1.50. The fourth-order valence-electron chi connectivity index (χ4n) is 2.77. The van der Waals surface area contributed by atoms with Crippen LogP contribution < -0.4 is 15.4 Å². The number of anilines is 2. The van der Waals surface area contributed by atoms with E-state index < -0.39 is 33.5 Å². The van der Waals surface area contributed by atoms with Gasteiger partial charge in [0.1, 0.15) is 11.6 Å². The summed E-state index contributed by atoms with van der Waals surface area (Å²) in [6.45, 7) is -0.0898. The van der Waals surface area contributed by atoms with E-state index in [4.69, 9.17) is 0 Å². The molecule has 3 aromatic rings. The van der Waals surface area contributed by atoms with Gasteiger partial charge >= 0.3 is 6.18 Å². The molecule has 0 saturated carbocycles. The van der Waals surface area contributed by atoms with Gasteiger partial charge in [-0.15, -0.1) is 0 Å². The van der Waals surface area contributed by atoms with E-state index in [1.807, 2.05) is 0 Å². The van der Waals surface area contributed by atoms with Crippen molar-refractivity contribution < 1.29 is 30.8 Å². The summed E-state index contributed by atoms with van der Waals surface area (Å²) in [6, 6.07) is 11.9. The molecule has 0 radical (unpaired) electrons. The van der Waals surface area contributed by atoms with Crippen molar-refractivity contribution in [1.82, 2.24) is 10.3 Å². The third-order valence-electron chi connectivity index (χ3n) is 4.32. The highest BCUT2D eigenvalue weighted by Gasteiger charge is 2.33. The van der Waals surface area contributed by atoms with Crippen LogP contribution in [0.2, 0.25) is 0 Å². The molecule has 2 aromatic carbocycles. The van der Waals surface area contributed by atoms with Crippen LogP contribution in [0.4, 0.5) is 29.1 Å². The minimum atomic E-state index is -4.58. The Morgan fingerprint density at radius 3 is 2.39 bits per heavy atom. The van der Waals surface area contributed by atoms with E-state index in [2.05, 4.69) is 20.3 Å². The fourth-order valence-corrected chi connectivity index (χ4v) is 3.87. The summed E-state index contributed by atoms with van der Waals surface area (Å²) >= 11 is 0. The van der Waals surface area contributed by atoms with Crippen molar-refractivity contribution in [1.29, 1.82) is 0 Å². The van der Waals surface area contributed by atoms with Gasteiger partial charge in [0.05, 0.1) is 10.5 Å². The number of nitrogens with one attached hydrogen (secondary N) is 3. The number of halogens is 4. The Morgan fingerprint density at radius 1 is 0.970 bits per heavy atom. The van der Waals surface area contributed by atoms with E-state index >= 15 is 0 Å². The lowest BCUT2D eigenvalue weighted by Crippen LogP contribution is -2.29. The van der Waals surface area contributed by atoms with Gasteiger partial charge < -0.3 is 10.6 Å². The molecule has 174 valence electrons. The molecule has 0 aliphatic carbocycles. The summed E-state index contributed by atoms with van der Waals surface area (Å²) in [4.78, 5) is 15.8. The Bertz CT molecular complexity index is 1230. The number of aromatic nitrogens is 1. The van der Waals surface area contributed by atoms with E-state index in [1.165, 1.54) is 42.6 Å². The molecule has 0 aliphatic heterocycles. The number of pyridine rings is 1. The largest absolute Gasteiger partial charge is 0.419 e. The number of sulfonamides is 1. The number of carbonyl (C=O) groups is 1. The average Bonchev–Trinajstić information content (AvgIpc) is 2.78. The molecule has 0 atom stereocenters. The first-order valence-corrected chi connectivity index (χ1v) is 11.0. The third kappa shape index (κ3) is 6.42. The van der Waals surface area contributed by atoms with Gasteiger partial charge in [-0.3, -0.25) is 9.52 Å². The first-order valence-electron chi connectivity index (χ1n) is 9.49. The van der Waals surface area contributed by atoms with Crippen molar-refractivity contribution >= 4 is 27.4 Å². The minimum absolute atomic E-state index is 0.0331. The molecule has 0 aliphatic rings. The normalized spacial score (nSPS) is 11.6. The van der Waals surface area contributed by atoms with Crippen molar-refractivity contribution in [2.45, 2.75) is 11.1 Å². The maximum Gasteiger partial charge on any atom is 0.419 e. The van der Waals surface area contributed by atoms with Crippen LogP contribution in [0.15, 0.2) is 71.8 Å². The molecule has 3 rings (SSSR count). The molecule has 12 heteroatoms. The van der Waals surface area contributed by atoms with E-state index in [-0.39, 0.29) is 35.1 Å². The van der Waals surface area contributed by atoms with Crippen molar-refractivity contribution in [2.24, 2.45) is 0 Å². The second-order valence-corrected chi connectivity index (χ2v) is 8.40. The second kappa shape index (κ2) is 9.86. The van der Waals surface area contributed by atoms with Gasteiger partial charge in [0.25, 0.3) is 15.9 Å². The number of carbonyl (C=O) groups excluding carboxylic acids is 1. The van der Waals surface area contributed by atoms with Gasteiger partial charge in [-0.2, -0.15) is 13.2 Å². The molecule has 1 heterocycles. The van der Waals surface area contributed by atoms with Crippen molar-refractivity contribution in [3.63, 3.8) is 0 Å². The summed E-state index contributed by atoms with van der Waals surface area (Å²) in [6.07, 6.45) is -3.37. The summed E-state index contributed by atoms with van der Waals surface area (Å²) in [5, 5.41) is 5.01. The monoisotopic (exact) mass is 482 g/mol. The highest BCUT2D eigenvalue weighted by atomic mass is 32.2. The summed E-state index contributed by atoms with van der Waals surface area (Å²) in [7, 11) is -4.04. The maximum atomic E-state index is 13.0. The summed E-state index contributed by atoms with van der Waals surface area (Å²) < 4.78 is 79.3. The first kappa shape index (κ1) is 24.0. The number of rotatable bonds is 8. The number of alkyl halides is 3. The van der Waals surface area contributed by atoms with Gasteiger partial charge in [0.2, 0.25) is 0 Å². The van der Waals surface area contributed by atoms with Crippen LogP contribution in [0.1, 0.15) is 15.9 Å². The van der Waals surface area contributed by atoms with Gasteiger partial charge in [-0.1, -0.05) is 6.07 Å². The second-order valence-electron chi connectivity index (χ2n) is 6.72. The van der Waals surface area contributed by atoms with Crippen LogP contribution in [-0.4, -0.2) is 32.4 Å². The molecule has 0 fully saturated rings. The Morgan fingerprint density at radius 2 is 1.70 bits per heavy atom. The van der Waals surface area contributed by atoms with Crippen LogP contribution in [0.3, 0.4) is 0 Å². The smallest absolute Gasteiger partial charge is 0.368 e. The molecule has 0 saturated heterocycles. The number of hydrogen-bond acceptors (Lipinski definition) is 5. The number of hydrogen-bond donors (Lipinski definition) is 3. The predicted octanol–water partition coefficient (Wildman–Crippen LogP) is 3.88. The molecule has 7 nitrogen and oxygen atoms in total. The quantitative estimate of drug-likeness (QED) is 0.334. The topological polar surface area (TPSA) is 100 Å². The molecular weight excluding hydrogens is 464 g/mol. The minimum Gasteiger partial charge on any atom is -0.368 e. The highest BCUT2D eigenvalue weighted by Crippen LogP contribution is 2.33. The van der Waals surface area contributed by atoms with Crippen molar-refractivity contribution in [2.75, 3.05) is 23.1 Å². The van der Waals surface area contributed by atoms with Crippen molar-refractivity contribution in [3.8, 4) is 0 Å². The number of benzene rings is 2. The van der Waals surface area contributed by atoms with Crippen molar-refractivity contribution in [3.05, 3.63) is 83.8 Å². The fraction of sp³-hybridized carbons (Fsp3) is 0.143. The highest BCUT2D eigenvalue weighted by molar-refractivity contribution is 7.92. The Kier molecular flexibility index (Phi) is 7.16. The molecule has 0 spiro atoms. The Balaban J connectivity index is 1.60. The molecule has 1 aromatic heterocycles. The molecule has 0 unspecified atom stereocenters. The average molecular weight is 482 g/mol. The van der Waals surface area contributed by atoms with Crippen LogP contribution >= 0.6 is 0 Å². The van der Waals surface area contributed by atoms with E-state index in [0.29, 0.717) is 0 Å². The Hall–Kier alpha value is -3.67. The lowest BCUT2D eigenvalue weighted by molar-refractivity contribution is -0.137. The third-order valence-corrected chi connectivity index (χ3v) is 5.70. The zero-order valence-corrected chi connectivity index (χ0v) is 17.7. The number of nitrogens with zero attached hydrogens (tertiary/aromatic N) is 1. The van der Waals surface area contributed by atoms with Gasteiger partial charge in [-0.05, 0) is 54.6 Å². The van der Waals surface area contributed by atoms with Crippen LogP contribution in [0.25, 0.3) is 0 Å². The zero-order chi connectivity index (χ0) is 24.1. The Labute approximate surface area is 186 Å². The molecule has 1 amide bonds. The van der Waals surface area contributed by atoms with Crippen LogP contribution in [0, 0.1) is 5.82 Å². The summed E-state index contributed by atoms with van der Waals surface area (Å²) in [5.41, 5.74) is -0.751. The van der Waals surface area contributed by atoms with Crippen LogP contribution in [-0.2, 0) is 16.2 Å². The maximum absolute atomic E-state index is 13.0. The lowest BCUT2D eigenvalue weighted by atomic mass is 10.2. The van der Waals surface area contributed by atoms with Gasteiger partial charge in [0.15, 0.2) is 0 Å². The van der Waals surface area contributed by atoms with Crippen LogP contribution in [0.5, 0.6) is 0 Å². The molecule has 0 bridgehead atoms. The number of amides is 1. The van der Waals surface area contributed by atoms with Gasteiger partial charge in [0, 0.05) is 30.5 Å². The molecule has 3 N–H and O–H groups in total. The van der Waals surface area contributed by atoms with Gasteiger partial charge in [-0.25, -0.2) is 17.8 Å². The van der Waals surface area contributed by atoms with E-state index in [1.54, 1.807) is 0 Å². The standard InChI is InChI=1S/C21H18F4N4O3S/c22-15-6-8-16(9-7-15)29-33(31,32)17-4-1-3-14(13-17)20(30)28-12-11-27-19-18(21(23,24)25)5-2-10-26-19/h1-10,13,29H,11-12H2,(H,26,27)(H,28,30). The molecule has 33 heavy (non-hydrogen) atoms. The van der Waals surface area contributed by atoms with E-state index in [0.717, 1.165) is 24.3 Å². The first-order chi connectivity index (χ1) is 15.6. The zero-order valence-electron chi connectivity index (χ0n) is 16.9. The lowest BCUT2D eigenvalue weighted by Gasteiger charge is -2.13. The van der Waals surface area contributed by atoms with E-state index in [9.17, 15) is 30.8 Å². The predicted molar refractivity (Wildman–Crippen MR) is 114 cm³/mol. The SMILES string of the molecule is O=C(NCCNc1ncccc1C(F)(F)F)c1cccc(S(=O)(=O)Nc2ccc(F)cc2)c1. The molecular formula is C21H18F4N4O3S.